The van der Waals surface area contributed by atoms with Gasteiger partial charge in [0.2, 0.25) is 5.91 Å². The van der Waals surface area contributed by atoms with Crippen molar-refractivity contribution in [1.82, 2.24) is 5.32 Å². The van der Waals surface area contributed by atoms with Gasteiger partial charge in [0.15, 0.2) is 0 Å². The number of amides is 1. The van der Waals surface area contributed by atoms with Crippen LogP contribution in [0.25, 0.3) is 0 Å². The first-order chi connectivity index (χ1) is 10.2. The minimum Gasteiger partial charge on any atom is -0.324 e. The predicted octanol–water partition coefficient (Wildman–Crippen LogP) is 3.84. The molecule has 1 heterocycles. The molecule has 21 heavy (non-hydrogen) atoms. The van der Waals surface area contributed by atoms with Crippen molar-refractivity contribution in [2.24, 2.45) is 0 Å². The van der Waals surface area contributed by atoms with E-state index in [9.17, 15) is 4.79 Å². The molecule has 2 aromatic rings. The molecule has 2 aromatic carbocycles. The molecule has 0 spiro atoms. The topological polar surface area (TPSA) is 41.1 Å². The molecule has 1 unspecified atom stereocenters. The smallest absolute Gasteiger partial charge is 0.246 e. The Morgan fingerprint density at radius 1 is 1.29 bits per heavy atom. The van der Waals surface area contributed by atoms with Gasteiger partial charge in [-0.3, -0.25) is 4.79 Å². The Bertz CT molecular complexity index is 675. The molecule has 1 atom stereocenters. The highest BCUT2D eigenvalue weighted by Gasteiger charge is 2.30. The summed E-state index contributed by atoms with van der Waals surface area (Å²) in [6, 6.07) is 13.8. The average Bonchev–Trinajstić information content (AvgIpc) is 2.80. The Hall–Kier alpha value is -1.49. The van der Waals surface area contributed by atoms with Crippen LogP contribution in [-0.2, 0) is 10.5 Å². The number of hydrogen-bond donors (Lipinski definition) is 2. The molecular weight excluding hydrogens is 304 g/mol. The van der Waals surface area contributed by atoms with Crippen molar-refractivity contribution in [2.75, 3.05) is 12.4 Å². The predicted molar refractivity (Wildman–Crippen MR) is 87.9 cm³/mol. The van der Waals surface area contributed by atoms with E-state index in [-0.39, 0.29) is 11.9 Å². The molecular formula is C16H15ClN2OS. The van der Waals surface area contributed by atoms with Gasteiger partial charge in [-0.2, -0.15) is 0 Å². The van der Waals surface area contributed by atoms with Gasteiger partial charge in [-0.15, -0.1) is 11.8 Å². The van der Waals surface area contributed by atoms with Crippen molar-refractivity contribution in [3.63, 3.8) is 0 Å². The molecule has 0 aromatic heterocycles. The van der Waals surface area contributed by atoms with E-state index in [1.807, 2.05) is 30.3 Å². The summed E-state index contributed by atoms with van der Waals surface area (Å²) < 4.78 is 0. The van der Waals surface area contributed by atoms with Gasteiger partial charge in [-0.25, -0.2) is 0 Å². The van der Waals surface area contributed by atoms with Crippen molar-refractivity contribution in [3.05, 3.63) is 58.6 Å². The number of thioether (sulfide) groups is 1. The average molecular weight is 319 g/mol. The van der Waals surface area contributed by atoms with E-state index in [1.165, 1.54) is 5.56 Å². The second kappa shape index (κ2) is 6.10. The van der Waals surface area contributed by atoms with E-state index in [1.54, 1.807) is 18.8 Å². The molecule has 0 aliphatic carbocycles. The van der Waals surface area contributed by atoms with Crippen molar-refractivity contribution in [1.29, 1.82) is 0 Å². The zero-order valence-electron chi connectivity index (χ0n) is 11.5. The van der Waals surface area contributed by atoms with Crippen molar-refractivity contribution in [3.8, 4) is 0 Å². The molecule has 0 radical (unpaired) electrons. The summed E-state index contributed by atoms with van der Waals surface area (Å²) >= 11 is 8.03. The van der Waals surface area contributed by atoms with Crippen molar-refractivity contribution in [2.45, 2.75) is 16.7 Å². The van der Waals surface area contributed by atoms with E-state index in [4.69, 9.17) is 11.6 Å². The lowest BCUT2D eigenvalue weighted by Gasteiger charge is -2.10. The van der Waals surface area contributed by atoms with E-state index in [0.29, 0.717) is 5.02 Å². The van der Waals surface area contributed by atoms with Gasteiger partial charge < -0.3 is 10.6 Å². The van der Waals surface area contributed by atoms with Crippen LogP contribution in [0.5, 0.6) is 0 Å². The van der Waals surface area contributed by atoms with Gasteiger partial charge >= 0.3 is 0 Å². The zero-order valence-corrected chi connectivity index (χ0v) is 13.1. The number of likely N-dealkylation sites (N-methyl/N-ethyl adjacent to an activating group) is 1. The van der Waals surface area contributed by atoms with E-state index >= 15 is 0 Å². The highest BCUT2D eigenvalue weighted by atomic mass is 35.5. The quantitative estimate of drug-likeness (QED) is 0.841. The maximum absolute atomic E-state index is 11.8. The van der Waals surface area contributed by atoms with Gasteiger partial charge in [0.05, 0.1) is 5.02 Å². The van der Waals surface area contributed by atoms with Crippen LogP contribution in [0.1, 0.15) is 17.2 Å². The Morgan fingerprint density at radius 3 is 2.76 bits per heavy atom. The first-order valence-corrected chi connectivity index (χ1v) is 8.03. The van der Waals surface area contributed by atoms with Crippen LogP contribution < -0.4 is 10.6 Å². The number of fused-ring (bicyclic) bond motifs is 1. The Labute approximate surface area is 133 Å². The second-order valence-electron chi connectivity index (χ2n) is 4.86. The summed E-state index contributed by atoms with van der Waals surface area (Å²) in [6.07, 6.45) is 0. The lowest BCUT2D eigenvalue weighted by molar-refractivity contribution is -0.117. The number of nitrogens with one attached hydrogen (secondary N) is 2. The lowest BCUT2D eigenvalue weighted by Crippen LogP contribution is -2.23. The lowest BCUT2D eigenvalue weighted by atomic mass is 10.1. The van der Waals surface area contributed by atoms with Crippen LogP contribution >= 0.6 is 23.4 Å². The molecule has 108 valence electrons. The third-order valence-corrected chi connectivity index (χ3v) is 5.01. The third kappa shape index (κ3) is 2.93. The first-order valence-electron chi connectivity index (χ1n) is 6.67. The molecule has 0 fully saturated rings. The standard InChI is InChI=1S/C16H15ClN2OS/c1-18-15-11-7-12(17)14(8-13(11)19-16(15)20)21-9-10-5-3-2-4-6-10/h2-8,15,18H,9H2,1H3,(H,19,20). The van der Waals surface area contributed by atoms with Crippen LogP contribution in [-0.4, -0.2) is 13.0 Å². The number of halogens is 1. The van der Waals surface area contributed by atoms with Crippen LogP contribution in [0.15, 0.2) is 47.4 Å². The van der Waals surface area contributed by atoms with E-state index < -0.39 is 0 Å². The molecule has 1 amide bonds. The fourth-order valence-electron chi connectivity index (χ4n) is 2.39. The monoisotopic (exact) mass is 318 g/mol. The van der Waals surface area contributed by atoms with Gasteiger partial charge in [0.25, 0.3) is 0 Å². The largest absolute Gasteiger partial charge is 0.324 e. The Kier molecular flexibility index (Phi) is 4.19. The number of carbonyl (C=O) groups is 1. The fraction of sp³-hybridized carbons (Fsp3) is 0.188. The third-order valence-electron chi connectivity index (χ3n) is 3.46. The normalized spacial score (nSPS) is 16.7. The number of benzene rings is 2. The minimum atomic E-state index is -0.314. The van der Waals surface area contributed by atoms with Gasteiger partial charge in [-0.05, 0) is 24.7 Å². The summed E-state index contributed by atoms with van der Waals surface area (Å²) in [6.45, 7) is 0. The van der Waals surface area contributed by atoms with Crippen LogP contribution in [0.4, 0.5) is 5.69 Å². The molecule has 5 heteroatoms. The SMILES string of the molecule is CNC1C(=O)Nc2cc(SCc3ccccc3)c(Cl)cc21. The molecule has 3 nitrogen and oxygen atoms in total. The summed E-state index contributed by atoms with van der Waals surface area (Å²) in [7, 11) is 1.77. The maximum Gasteiger partial charge on any atom is 0.246 e. The molecule has 2 N–H and O–H groups in total. The highest BCUT2D eigenvalue weighted by molar-refractivity contribution is 7.98. The first kappa shape index (κ1) is 14.4. The molecule has 0 saturated heterocycles. The van der Waals surface area contributed by atoms with E-state index in [2.05, 4.69) is 22.8 Å². The van der Waals surface area contributed by atoms with Crippen molar-refractivity contribution >= 4 is 35.0 Å². The molecule has 0 bridgehead atoms. The molecule has 0 saturated carbocycles. The number of rotatable bonds is 4. The fourth-order valence-corrected chi connectivity index (χ4v) is 3.64. The molecule has 1 aliphatic rings. The molecule has 1 aliphatic heterocycles. The van der Waals surface area contributed by atoms with Crippen LogP contribution in [0.2, 0.25) is 5.02 Å². The van der Waals surface area contributed by atoms with Crippen molar-refractivity contribution < 1.29 is 4.79 Å². The molecule has 3 rings (SSSR count). The van der Waals surface area contributed by atoms with Gasteiger partial charge in [0, 0.05) is 21.9 Å². The van der Waals surface area contributed by atoms with Crippen LogP contribution in [0, 0.1) is 0 Å². The zero-order chi connectivity index (χ0) is 14.8. The summed E-state index contributed by atoms with van der Waals surface area (Å²) in [4.78, 5) is 12.8. The van der Waals surface area contributed by atoms with Gasteiger partial charge in [-0.1, -0.05) is 41.9 Å². The van der Waals surface area contributed by atoms with Crippen LogP contribution in [0.3, 0.4) is 0 Å². The number of anilines is 1. The van der Waals surface area contributed by atoms with E-state index in [0.717, 1.165) is 21.9 Å². The second-order valence-corrected chi connectivity index (χ2v) is 6.28. The number of carbonyl (C=O) groups excluding carboxylic acids is 1. The Morgan fingerprint density at radius 2 is 2.05 bits per heavy atom. The number of hydrogen-bond acceptors (Lipinski definition) is 3. The summed E-state index contributed by atoms with van der Waals surface area (Å²) in [5.74, 6) is 0.816. The minimum absolute atomic E-state index is 0.0335. The summed E-state index contributed by atoms with van der Waals surface area (Å²) in [5, 5.41) is 6.57. The highest BCUT2D eigenvalue weighted by Crippen LogP contribution is 2.39. The van der Waals surface area contributed by atoms with Gasteiger partial charge in [0.1, 0.15) is 6.04 Å². The maximum atomic E-state index is 11.8. The Balaban J connectivity index is 1.82. The summed E-state index contributed by atoms with van der Waals surface area (Å²) in [5.41, 5.74) is 3.01.